The lowest BCUT2D eigenvalue weighted by Crippen LogP contribution is -2.19. The number of aromatic nitrogens is 2. The third kappa shape index (κ3) is 4.58. The first-order valence-corrected chi connectivity index (χ1v) is 12.0. The quantitative estimate of drug-likeness (QED) is 0.346. The third-order valence-corrected chi connectivity index (χ3v) is 6.98. The van der Waals surface area contributed by atoms with Gasteiger partial charge in [-0.05, 0) is 61.5 Å². The summed E-state index contributed by atoms with van der Waals surface area (Å²) in [6.45, 7) is 1.92. The summed E-state index contributed by atoms with van der Waals surface area (Å²) in [6.07, 6.45) is 2.52. The van der Waals surface area contributed by atoms with Gasteiger partial charge in [0.1, 0.15) is 27.9 Å². The lowest BCUT2D eigenvalue weighted by Gasteiger charge is -2.11. The number of nitriles is 1. The molecular weight excluding hydrogens is 506 g/mol. The molecule has 2 aromatic heterocycles. The smallest absolute Gasteiger partial charge is 0.269 e. The van der Waals surface area contributed by atoms with Crippen molar-refractivity contribution in [2.75, 3.05) is 0 Å². The Labute approximate surface area is 198 Å². The second-order valence-electron chi connectivity index (χ2n) is 7.06. The summed E-state index contributed by atoms with van der Waals surface area (Å²) in [7, 11) is -4.18. The number of hydrogen-bond acceptors (Lipinski definition) is 6. The Morgan fingerprint density at radius 2 is 1.79 bits per heavy atom. The highest BCUT2D eigenvalue weighted by molar-refractivity contribution is 9.10. The van der Waals surface area contributed by atoms with Crippen molar-refractivity contribution in [3.05, 3.63) is 104 Å². The van der Waals surface area contributed by atoms with E-state index >= 15 is 0 Å². The first-order chi connectivity index (χ1) is 15.8. The van der Waals surface area contributed by atoms with Crippen LogP contribution in [0.3, 0.4) is 0 Å². The van der Waals surface area contributed by atoms with E-state index in [-0.39, 0.29) is 16.3 Å². The molecule has 0 radical (unpaired) electrons. The zero-order valence-corrected chi connectivity index (χ0v) is 19.7. The molecule has 33 heavy (non-hydrogen) atoms. The lowest BCUT2D eigenvalue weighted by molar-refractivity contribution is 0.461. The number of ether oxygens (including phenoxy) is 1. The summed E-state index contributed by atoms with van der Waals surface area (Å²) in [5, 5.41) is 9.68. The zero-order chi connectivity index (χ0) is 23.6. The Bertz CT molecular complexity index is 1580. The molecule has 4 rings (SSSR count). The molecule has 0 N–H and O–H groups in total. The number of aryl methyl sites for hydroxylation is 1. The lowest BCUT2D eigenvalue weighted by atomic mass is 10.2. The predicted molar refractivity (Wildman–Crippen MR) is 128 cm³/mol. The average molecular weight is 522 g/mol. The number of rotatable bonds is 5. The van der Waals surface area contributed by atoms with Crippen LogP contribution in [0.15, 0.2) is 92.0 Å². The van der Waals surface area contributed by atoms with Crippen molar-refractivity contribution in [2.24, 2.45) is 0 Å². The van der Waals surface area contributed by atoms with E-state index in [9.17, 15) is 18.5 Å². The molecule has 2 heterocycles. The Hall–Kier alpha value is -3.74. The normalized spacial score (nSPS) is 11.8. The van der Waals surface area contributed by atoms with Crippen molar-refractivity contribution in [1.29, 1.82) is 5.26 Å². The Morgan fingerprint density at radius 3 is 2.45 bits per heavy atom. The van der Waals surface area contributed by atoms with Crippen LogP contribution in [0.25, 0.3) is 11.7 Å². The molecule has 0 amide bonds. The first kappa shape index (κ1) is 22.5. The van der Waals surface area contributed by atoms with Crippen molar-refractivity contribution in [3.8, 4) is 17.7 Å². The standard InChI is InChI=1S/C24H16BrN3O4S/c1-16-5-9-18(10-6-16)32-23-21(24(29)28-13-3-2-4-22(28)27-23)14-20(15-26)33(30,31)19-11-7-17(25)8-12-19/h2-14H,1H3. The van der Waals surface area contributed by atoms with E-state index in [1.54, 1.807) is 48.5 Å². The molecule has 0 fully saturated rings. The van der Waals surface area contributed by atoms with Crippen LogP contribution in [-0.4, -0.2) is 17.8 Å². The monoisotopic (exact) mass is 521 g/mol. The number of fused-ring (bicyclic) bond motifs is 1. The molecule has 164 valence electrons. The number of nitrogens with zero attached hydrogens (tertiary/aromatic N) is 3. The van der Waals surface area contributed by atoms with Crippen LogP contribution in [-0.2, 0) is 9.84 Å². The second kappa shape index (κ2) is 9.02. The summed E-state index contributed by atoms with van der Waals surface area (Å²) in [4.78, 5) is 17.0. The van der Waals surface area contributed by atoms with Gasteiger partial charge in [0.2, 0.25) is 15.7 Å². The second-order valence-corrected chi connectivity index (χ2v) is 9.89. The fraction of sp³-hybridized carbons (Fsp3) is 0.0417. The van der Waals surface area contributed by atoms with Crippen LogP contribution in [0, 0.1) is 18.3 Å². The molecule has 0 bridgehead atoms. The molecule has 0 unspecified atom stereocenters. The zero-order valence-electron chi connectivity index (χ0n) is 17.3. The molecule has 0 spiro atoms. The Balaban J connectivity index is 1.92. The molecular formula is C24H16BrN3O4S. The van der Waals surface area contributed by atoms with E-state index in [0.717, 1.165) is 11.6 Å². The number of hydrogen-bond donors (Lipinski definition) is 0. The molecule has 4 aromatic rings. The molecule has 9 heteroatoms. The van der Waals surface area contributed by atoms with Gasteiger partial charge in [-0.1, -0.05) is 39.7 Å². The summed E-state index contributed by atoms with van der Waals surface area (Å²) >= 11 is 3.25. The predicted octanol–water partition coefficient (Wildman–Crippen LogP) is 4.90. The van der Waals surface area contributed by atoms with Crippen LogP contribution in [0.1, 0.15) is 11.1 Å². The van der Waals surface area contributed by atoms with E-state index in [0.29, 0.717) is 15.9 Å². The number of benzene rings is 2. The highest BCUT2D eigenvalue weighted by Crippen LogP contribution is 2.27. The number of halogens is 1. The van der Waals surface area contributed by atoms with Crippen LogP contribution in [0.4, 0.5) is 0 Å². The summed E-state index contributed by atoms with van der Waals surface area (Å²) in [5.41, 5.74) is 0.607. The molecule has 0 atom stereocenters. The van der Waals surface area contributed by atoms with E-state index < -0.39 is 20.3 Å². The van der Waals surface area contributed by atoms with Gasteiger partial charge in [0, 0.05) is 10.7 Å². The summed E-state index contributed by atoms with van der Waals surface area (Å²) in [6, 6.07) is 19.6. The fourth-order valence-electron chi connectivity index (χ4n) is 3.04. The molecule has 2 aromatic carbocycles. The highest BCUT2D eigenvalue weighted by Gasteiger charge is 2.23. The van der Waals surface area contributed by atoms with Gasteiger partial charge in [0.25, 0.3) is 5.56 Å². The topological polar surface area (TPSA) is 102 Å². The maximum atomic E-state index is 13.2. The van der Waals surface area contributed by atoms with Gasteiger partial charge in [-0.3, -0.25) is 9.20 Å². The van der Waals surface area contributed by atoms with Gasteiger partial charge in [-0.25, -0.2) is 8.42 Å². The van der Waals surface area contributed by atoms with Gasteiger partial charge >= 0.3 is 0 Å². The van der Waals surface area contributed by atoms with E-state index in [1.165, 1.54) is 22.7 Å². The minimum atomic E-state index is -4.18. The van der Waals surface area contributed by atoms with Gasteiger partial charge in [0.05, 0.1) is 4.90 Å². The van der Waals surface area contributed by atoms with Gasteiger partial charge < -0.3 is 4.74 Å². The van der Waals surface area contributed by atoms with Crippen LogP contribution in [0.2, 0.25) is 0 Å². The third-order valence-electron chi connectivity index (χ3n) is 4.77. The number of sulfone groups is 1. The van der Waals surface area contributed by atoms with Crippen molar-refractivity contribution in [3.63, 3.8) is 0 Å². The first-order valence-electron chi connectivity index (χ1n) is 9.68. The molecule has 0 saturated carbocycles. The Morgan fingerprint density at radius 1 is 1.09 bits per heavy atom. The Kier molecular flexibility index (Phi) is 6.14. The van der Waals surface area contributed by atoms with Crippen LogP contribution < -0.4 is 10.3 Å². The molecule has 0 aliphatic rings. The number of pyridine rings is 1. The molecule has 0 aliphatic heterocycles. The van der Waals surface area contributed by atoms with Crippen molar-refractivity contribution >= 4 is 37.5 Å². The average Bonchev–Trinajstić information content (AvgIpc) is 2.80. The number of allylic oxidation sites excluding steroid dienone is 1. The maximum absolute atomic E-state index is 13.2. The highest BCUT2D eigenvalue weighted by atomic mass is 79.9. The van der Waals surface area contributed by atoms with Crippen LogP contribution >= 0.6 is 15.9 Å². The van der Waals surface area contributed by atoms with E-state index in [2.05, 4.69) is 20.9 Å². The maximum Gasteiger partial charge on any atom is 0.269 e. The van der Waals surface area contributed by atoms with Gasteiger partial charge in [0.15, 0.2) is 0 Å². The van der Waals surface area contributed by atoms with Gasteiger partial charge in [-0.15, -0.1) is 0 Å². The molecule has 0 aliphatic carbocycles. The largest absolute Gasteiger partial charge is 0.438 e. The SMILES string of the molecule is Cc1ccc(Oc2nc3ccccn3c(=O)c2C=C(C#N)S(=O)(=O)c2ccc(Br)cc2)cc1. The fourth-order valence-corrected chi connectivity index (χ4v) is 4.45. The van der Waals surface area contributed by atoms with Crippen molar-refractivity contribution < 1.29 is 13.2 Å². The van der Waals surface area contributed by atoms with Crippen molar-refractivity contribution in [2.45, 2.75) is 11.8 Å². The molecule has 7 nitrogen and oxygen atoms in total. The van der Waals surface area contributed by atoms with E-state index in [4.69, 9.17) is 4.74 Å². The summed E-state index contributed by atoms with van der Waals surface area (Å²) in [5.74, 6) is 0.311. The van der Waals surface area contributed by atoms with E-state index in [1.807, 2.05) is 19.1 Å². The van der Waals surface area contributed by atoms with Gasteiger partial charge in [-0.2, -0.15) is 10.2 Å². The van der Waals surface area contributed by atoms with Crippen molar-refractivity contribution in [1.82, 2.24) is 9.38 Å². The minimum absolute atomic E-state index is 0.0756. The van der Waals surface area contributed by atoms with Crippen LogP contribution in [0.5, 0.6) is 11.6 Å². The minimum Gasteiger partial charge on any atom is -0.438 e. The summed E-state index contributed by atoms with van der Waals surface area (Å²) < 4.78 is 34.0. The molecule has 0 saturated heterocycles.